The Labute approximate surface area is 178 Å². The number of aliphatic hydroxyl groups excluding tert-OH is 1. The van der Waals surface area contributed by atoms with Crippen LogP contribution < -0.4 is 4.74 Å². The minimum absolute atomic E-state index is 0.0190. The van der Waals surface area contributed by atoms with Crippen LogP contribution in [0.2, 0.25) is 10.0 Å². The largest absolute Gasteiger partial charge is 0.491 e. The number of aliphatic hydroxyl groups is 1. The second kappa shape index (κ2) is 9.45. The molecule has 1 heterocycles. The summed E-state index contributed by atoms with van der Waals surface area (Å²) in [5.74, 6) is -0.127. The van der Waals surface area contributed by atoms with Gasteiger partial charge in [-0.2, -0.15) is 5.06 Å². The molecule has 9 heteroatoms. The summed E-state index contributed by atoms with van der Waals surface area (Å²) in [7, 11) is 0. The molecule has 2 atom stereocenters. The number of benzene rings is 2. The molecule has 1 N–H and O–H groups in total. The van der Waals surface area contributed by atoms with Crippen LogP contribution in [0.4, 0.5) is 0 Å². The van der Waals surface area contributed by atoms with Crippen molar-refractivity contribution >= 4 is 35.0 Å². The molecule has 0 radical (unpaired) electrons. The Morgan fingerprint density at radius 2 is 1.93 bits per heavy atom. The first kappa shape index (κ1) is 21.4. The highest BCUT2D eigenvalue weighted by Crippen LogP contribution is 2.36. The summed E-state index contributed by atoms with van der Waals surface area (Å²) in [5.41, 5.74) is 0.493. The summed E-state index contributed by atoms with van der Waals surface area (Å²) in [4.78, 5) is 31.4. The number of nitrogens with zero attached hydrogens (tertiary/aromatic N) is 2. The molecule has 1 aliphatic rings. The van der Waals surface area contributed by atoms with E-state index < -0.39 is 18.2 Å². The highest BCUT2D eigenvalue weighted by molar-refractivity contribution is 6.35. The van der Waals surface area contributed by atoms with Crippen LogP contribution in [0.5, 0.6) is 5.75 Å². The van der Waals surface area contributed by atoms with Crippen molar-refractivity contribution in [3.05, 3.63) is 64.1 Å². The van der Waals surface area contributed by atoms with Gasteiger partial charge >= 0.3 is 0 Å². The monoisotopic (exact) mass is 438 g/mol. The predicted octanol–water partition coefficient (Wildman–Crippen LogP) is 3.05. The molecule has 2 aromatic rings. The van der Waals surface area contributed by atoms with Crippen molar-refractivity contribution in [3.8, 4) is 5.75 Å². The van der Waals surface area contributed by atoms with E-state index in [4.69, 9.17) is 32.8 Å². The number of hydrogen-bond acceptors (Lipinski definition) is 5. The average molecular weight is 439 g/mol. The van der Waals surface area contributed by atoms with E-state index in [1.165, 1.54) is 17.9 Å². The molecule has 1 aliphatic heterocycles. The smallest absolute Gasteiger partial charge is 0.268 e. The number of carbonyl (C=O) groups is 2. The first-order valence-corrected chi connectivity index (χ1v) is 9.65. The lowest BCUT2D eigenvalue weighted by Crippen LogP contribution is -2.37. The van der Waals surface area contributed by atoms with Crippen molar-refractivity contribution in [2.24, 2.45) is 0 Å². The lowest BCUT2D eigenvalue weighted by molar-refractivity contribution is -0.209. The Hall–Kier alpha value is -2.32. The standard InChI is InChI=1S/C20H20Cl2N2O5/c1-13(25)23-10-19(27)24(20(23)17-8-7-14(21)9-18(17)22)29-12-15(26)11-28-16-5-3-2-4-6-16/h2-9,15,20,26H,10-12H2,1H3/t15-,20-/m0/s1. The van der Waals surface area contributed by atoms with Gasteiger partial charge in [-0.25, -0.2) is 0 Å². The molecule has 2 amide bonds. The van der Waals surface area contributed by atoms with E-state index in [-0.39, 0.29) is 25.7 Å². The molecule has 3 rings (SSSR count). The van der Waals surface area contributed by atoms with Crippen molar-refractivity contribution in [2.75, 3.05) is 19.8 Å². The van der Waals surface area contributed by atoms with Crippen LogP contribution in [0.3, 0.4) is 0 Å². The normalized spacial score (nSPS) is 17.5. The fourth-order valence-electron chi connectivity index (χ4n) is 2.92. The molecule has 0 bridgehead atoms. The third-order valence-electron chi connectivity index (χ3n) is 4.31. The van der Waals surface area contributed by atoms with Crippen LogP contribution in [0.25, 0.3) is 0 Å². The molecular weight excluding hydrogens is 419 g/mol. The number of carbonyl (C=O) groups excluding carboxylic acids is 2. The number of rotatable bonds is 7. The Kier molecular flexibility index (Phi) is 6.97. The first-order chi connectivity index (χ1) is 13.9. The van der Waals surface area contributed by atoms with Crippen LogP contribution in [-0.2, 0) is 14.4 Å². The molecular formula is C20H20Cl2N2O5. The van der Waals surface area contributed by atoms with E-state index >= 15 is 0 Å². The van der Waals surface area contributed by atoms with Crippen LogP contribution in [0.15, 0.2) is 48.5 Å². The molecule has 2 aromatic carbocycles. The van der Waals surface area contributed by atoms with Gasteiger partial charge in [0.15, 0.2) is 6.17 Å². The van der Waals surface area contributed by atoms with Gasteiger partial charge in [0.25, 0.3) is 5.91 Å². The molecule has 0 aromatic heterocycles. The van der Waals surface area contributed by atoms with E-state index in [1.54, 1.807) is 24.3 Å². The number of ether oxygens (including phenoxy) is 1. The van der Waals surface area contributed by atoms with E-state index in [2.05, 4.69) is 0 Å². The maximum Gasteiger partial charge on any atom is 0.268 e. The quantitative estimate of drug-likeness (QED) is 0.718. The number of para-hydroxylation sites is 1. The fraction of sp³-hybridized carbons (Fsp3) is 0.300. The molecule has 1 saturated heterocycles. The van der Waals surface area contributed by atoms with Crippen LogP contribution in [0, 0.1) is 0 Å². The minimum Gasteiger partial charge on any atom is -0.491 e. The number of amides is 2. The van der Waals surface area contributed by atoms with Gasteiger partial charge in [-0.15, -0.1) is 0 Å². The second-order valence-electron chi connectivity index (χ2n) is 6.48. The molecule has 7 nitrogen and oxygen atoms in total. The molecule has 154 valence electrons. The zero-order valence-corrected chi connectivity index (χ0v) is 17.1. The Balaban J connectivity index is 1.70. The molecule has 0 spiro atoms. The van der Waals surface area contributed by atoms with E-state index in [0.717, 1.165) is 5.06 Å². The molecule has 0 aliphatic carbocycles. The summed E-state index contributed by atoms with van der Waals surface area (Å²) in [5, 5.41) is 12.0. The lowest BCUT2D eigenvalue weighted by Gasteiger charge is -2.29. The lowest BCUT2D eigenvalue weighted by atomic mass is 10.1. The van der Waals surface area contributed by atoms with E-state index in [0.29, 0.717) is 21.4 Å². The van der Waals surface area contributed by atoms with Gasteiger partial charge in [0.2, 0.25) is 5.91 Å². The van der Waals surface area contributed by atoms with Gasteiger partial charge in [-0.05, 0) is 24.3 Å². The van der Waals surface area contributed by atoms with Gasteiger partial charge in [0, 0.05) is 22.5 Å². The predicted molar refractivity (Wildman–Crippen MR) is 107 cm³/mol. The van der Waals surface area contributed by atoms with Gasteiger partial charge in [0.05, 0.1) is 0 Å². The van der Waals surface area contributed by atoms with Gasteiger partial charge in [-0.1, -0.05) is 47.5 Å². The van der Waals surface area contributed by atoms with Crippen molar-refractivity contribution in [1.82, 2.24) is 9.96 Å². The molecule has 1 fully saturated rings. The third-order valence-corrected chi connectivity index (χ3v) is 4.87. The van der Waals surface area contributed by atoms with Crippen molar-refractivity contribution in [3.63, 3.8) is 0 Å². The zero-order chi connectivity index (χ0) is 21.0. The Morgan fingerprint density at radius 3 is 2.59 bits per heavy atom. The maximum absolute atomic E-state index is 12.5. The molecule has 29 heavy (non-hydrogen) atoms. The second-order valence-corrected chi connectivity index (χ2v) is 7.32. The summed E-state index contributed by atoms with van der Waals surface area (Å²) >= 11 is 12.2. The van der Waals surface area contributed by atoms with Crippen LogP contribution >= 0.6 is 23.2 Å². The minimum atomic E-state index is -0.990. The summed E-state index contributed by atoms with van der Waals surface area (Å²) < 4.78 is 5.48. The van der Waals surface area contributed by atoms with Gasteiger partial charge < -0.3 is 14.7 Å². The van der Waals surface area contributed by atoms with E-state index in [1.807, 2.05) is 18.2 Å². The number of hydroxylamine groups is 2. The molecule has 0 saturated carbocycles. The fourth-order valence-corrected chi connectivity index (χ4v) is 3.43. The summed E-state index contributed by atoms with van der Waals surface area (Å²) in [6, 6.07) is 13.8. The summed E-state index contributed by atoms with van der Waals surface area (Å²) in [6.07, 6.45) is -1.84. The van der Waals surface area contributed by atoms with Gasteiger partial charge in [-0.3, -0.25) is 14.4 Å². The zero-order valence-electron chi connectivity index (χ0n) is 15.6. The average Bonchev–Trinajstić information content (AvgIpc) is 3.02. The van der Waals surface area contributed by atoms with Gasteiger partial charge in [0.1, 0.15) is 31.6 Å². The van der Waals surface area contributed by atoms with Crippen LogP contribution in [-0.4, -0.2) is 52.7 Å². The van der Waals surface area contributed by atoms with Crippen molar-refractivity contribution in [1.29, 1.82) is 0 Å². The van der Waals surface area contributed by atoms with Crippen LogP contribution in [0.1, 0.15) is 18.7 Å². The topological polar surface area (TPSA) is 79.3 Å². The third kappa shape index (κ3) is 5.19. The van der Waals surface area contributed by atoms with E-state index in [9.17, 15) is 14.7 Å². The Morgan fingerprint density at radius 1 is 1.21 bits per heavy atom. The first-order valence-electron chi connectivity index (χ1n) is 8.90. The molecule has 0 unspecified atom stereocenters. The SMILES string of the molecule is CC(=O)N1CC(=O)N(OC[C@@H](O)COc2ccccc2)[C@H]1c1ccc(Cl)cc1Cl. The summed E-state index contributed by atoms with van der Waals surface area (Å²) in [6.45, 7) is 0.979. The highest BCUT2D eigenvalue weighted by Gasteiger charge is 2.42. The maximum atomic E-state index is 12.5. The van der Waals surface area contributed by atoms with Crippen molar-refractivity contribution in [2.45, 2.75) is 19.2 Å². The van der Waals surface area contributed by atoms with Crippen molar-refractivity contribution < 1.29 is 24.3 Å². The highest BCUT2D eigenvalue weighted by atomic mass is 35.5. The Bertz CT molecular complexity index is 880. The number of hydrogen-bond donors (Lipinski definition) is 1. The number of halogens is 2.